The summed E-state index contributed by atoms with van der Waals surface area (Å²) in [6.07, 6.45) is 0.850. The molecule has 1 heterocycles. The standard InChI is InChI=1S/C10H7F2N5O2/c11-6-2-1-5(3-8(6)17(18)19)15-10-14-4-7(12)9(13)16-10/h1-4H,(H3,13,14,15,16). The number of hydrogen-bond acceptors (Lipinski definition) is 6. The lowest BCUT2D eigenvalue weighted by Crippen LogP contribution is -2.03. The molecular weight excluding hydrogens is 260 g/mol. The maximum atomic E-state index is 13.1. The molecule has 0 saturated carbocycles. The minimum Gasteiger partial charge on any atom is -0.381 e. The van der Waals surface area contributed by atoms with Crippen LogP contribution in [0.5, 0.6) is 0 Å². The maximum Gasteiger partial charge on any atom is 0.306 e. The van der Waals surface area contributed by atoms with Gasteiger partial charge in [0.15, 0.2) is 11.6 Å². The van der Waals surface area contributed by atoms with Crippen LogP contribution in [0.25, 0.3) is 0 Å². The largest absolute Gasteiger partial charge is 0.381 e. The highest BCUT2D eigenvalue weighted by Gasteiger charge is 2.14. The van der Waals surface area contributed by atoms with E-state index in [0.29, 0.717) is 0 Å². The van der Waals surface area contributed by atoms with Gasteiger partial charge in [-0.3, -0.25) is 10.1 Å². The summed E-state index contributed by atoms with van der Waals surface area (Å²) in [5.41, 5.74) is 4.73. The molecule has 1 aromatic carbocycles. The molecule has 0 aliphatic heterocycles. The van der Waals surface area contributed by atoms with Crippen LogP contribution >= 0.6 is 0 Å². The molecular formula is C10H7F2N5O2. The predicted molar refractivity (Wildman–Crippen MR) is 62.7 cm³/mol. The van der Waals surface area contributed by atoms with Gasteiger partial charge in [0.25, 0.3) is 0 Å². The van der Waals surface area contributed by atoms with Gasteiger partial charge in [-0.2, -0.15) is 9.37 Å². The molecule has 2 rings (SSSR count). The second-order valence-electron chi connectivity index (χ2n) is 3.48. The molecule has 7 nitrogen and oxygen atoms in total. The Labute approximate surface area is 105 Å². The monoisotopic (exact) mass is 267 g/mol. The summed E-state index contributed by atoms with van der Waals surface area (Å²) < 4.78 is 25.9. The summed E-state index contributed by atoms with van der Waals surface area (Å²) in [6, 6.07) is 3.15. The van der Waals surface area contributed by atoms with Crippen LogP contribution in [0.3, 0.4) is 0 Å². The van der Waals surface area contributed by atoms with E-state index in [1.807, 2.05) is 0 Å². The normalized spacial score (nSPS) is 10.2. The van der Waals surface area contributed by atoms with Gasteiger partial charge in [0.2, 0.25) is 11.8 Å². The van der Waals surface area contributed by atoms with Crippen molar-refractivity contribution in [2.24, 2.45) is 0 Å². The molecule has 0 aliphatic carbocycles. The number of nitrogens with two attached hydrogens (primary N) is 1. The average Bonchev–Trinajstić information content (AvgIpc) is 2.36. The molecule has 98 valence electrons. The fourth-order valence-corrected chi connectivity index (χ4v) is 1.30. The highest BCUT2D eigenvalue weighted by molar-refractivity contribution is 5.58. The molecule has 9 heteroatoms. The molecule has 3 N–H and O–H groups in total. The van der Waals surface area contributed by atoms with Crippen molar-refractivity contribution < 1.29 is 13.7 Å². The van der Waals surface area contributed by atoms with Crippen molar-refractivity contribution in [3.8, 4) is 0 Å². The van der Waals surface area contributed by atoms with E-state index in [2.05, 4.69) is 15.3 Å². The Hall–Kier alpha value is -2.84. The van der Waals surface area contributed by atoms with Crippen LogP contribution in [-0.2, 0) is 0 Å². The van der Waals surface area contributed by atoms with Crippen molar-refractivity contribution in [1.82, 2.24) is 9.97 Å². The number of halogens is 2. The quantitative estimate of drug-likeness (QED) is 0.650. The molecule has 0 amide bonds. The fraction of sp³-hybridized carbons (Fsp3) is 0. The zero-order valence-corrected chi connectivity index (χ0v) is 9.30. The number of rotatable bonds is 3. The lowest BCUT2D eigenvalue weighted by atomic mass is 10.2. The van der Waals surface area contributed by atoms with E-state index in [-0.39, 0.29) is 17.5 Å². The summed E-state index contributed by atoms with van der Waals surface area (Å²) in [6.45, 7) is 0. The van der Waals surface area contributed by atoms with Crippen LogP contribution in [0, 0.1) is 21.7 Å². The summed E-state index contributed by atoms with van der Waals surface area (Å²) in [5, 5.41) is 13.1. The number of nitrogen functional groups attached to an aromatic ring is 1. The van der Waals surface area contributed by atoms with Crippen LogP contribution in [0.15, 0.2) is 24.4 Å². The number of hydrogen-bond donors (Lipinski definition) is 2. The second-order valence-corrected chi connectivity index (χ2v) is 3.48. The Morgan fingerprint density at radius 3 is 2.68 bits per heavy atom. The number of anilines is 3. The van der Waals surface area contributed by atoms with Crippen molar-refractivity contribution in [1.29, 1.82) is 0 Å². The third-order valence-electron chi connectivity index (χ3n) is 2.17. The molecule has 1 aromatic heterocycles. The fourth-order valence-electron chi connectivity index (χ4n) is 1.30. The van der Waals surface area contributed by atoms with Gasteiger partial charge in [-0.1, -0.05) is 0 Å². The van der Waals surface area contributed by atoms with Crippen LogP contribution in [0.1, 0.15) is 0 Å². The van der Waals surface area contributed by atoms with Gasteiger partial charge < -0.3 is 11.1 Å². The average molecular weight is 267 g/mol. The van der Waals surface area contributed by atoms with Crippen LogP contribution in [-0.4, -0.2) is 14.9 Å². The van der Waals surface area contributed by atoms with Gasteiger partial charge in [-0.05, 0) is 12.1 Å². The SMILES string of the molecule is Nc1nc(Nc2ccc(F)c([N+](=O)[O-])c2)ncc1F. The molecule has 0 atom stereocenters. The summed E-state index contributed by atoms with van der Waals surface area (Å²) in [7, 11) is 0. The molecule has 0 saturated heterocycles. The van der Waals surface area contributed by atoms with Crippen molar-refractivity contribution in [3.05, 3.63) is 46.1 Å². The zero-order chi connectivity index (χ0) is 14.0. The van der Waals surface area contributed by atoms with Gasteiger partial charge in [-0.15, -0.1) is 0 Å². The lowest BCUT2D eigenvalue weighted by molar-refractivity contribution is -0.387. The van der Waals surface area contributed by atoms with E-state index in [4.69, 9.17) is 5.73 Å². The number of nitrogens with one attached hydrogen (secondary N) is 1. The molecule has 0 fully saturated rings. The van der Waals surface area contributed by atoms with Gasteiger partial charge in [-0.25, -0.2) is 9.37 Å². The highest BCUT2D eigenvalue weighted by atomic mass is 19.1. The Morgan fingerprint density at radius 2 is 2.05 bits per heavy atom. The Balaban J connectivity index is 2.30. The van der Waals surface area contributed by atoms with Crippen LogP contribution in [0.2, 0.25) is 0 Å². The number of benzene rings is 1. The van der Waals surface area contributed by atoms with Crippen LogP contribution < -0.4 is 11.1 Å². The number of aromatic nitrogens is 2. The van der Waals surface area contributed by atoms with E-state index < -0.39 is 22.2 Å². The molecule has 0 radical (unpaired) electrons. The Morgan fingerprint density at radius 1 is 1.32 bits per heavy atom. The smallest absolute Gasteiger partial charge is 0.306 e. The van der Waals surface area contributed by atoms with Crippen LogP contribution in [0.4, 0.5) is 31.9 Å². The first kappa shape index (κ1) is 12.6. The maximum absolute atomic E-state index is 13.1. The minimum absolute atomic E-state index is 0.0557. The summed E-state index contributed by atoms with van der Waals surface area (Å²) in [5.74, 6) is -2.17. The van der Waals surface area contributed by atoms with Gasteiger partial charge in [0, 0.05) is 11.8 Å². The zero-order valence-electron chi connectivity index (χ0n) is 9.30. The van der Waals surface area contributed by atoms with E-state index in [1.54, 1.807) is 0 Å². The van der Waals surface area contributed by atoms with E-state index in [0.717, 1.165) is 18.3 Å². The van der Waals surface area contributed by atoms with Crippen molar-refractivity contribution >= 4 is 23.1 Å². The number of nitro benzene ring substituents is 1. The first-order chi connectivity index (χ1) is 8.97. The Kier molecular flexibility index (Phi) is 3.19. The van der Waals surface area contributed by atoms with Crippen molar-refractivity contribution in [2.45, 2.75) is 0 Å². The van der Waals surface area contributed by atoms with Gasteiger partial charge in [0.1, 0.15) is 0 Å². The third-order valence-corrected chi connectivity index (χ3v) is 2.17. The van der Waals surface area contributed by atoms with Crippen molar-refractivity contribution in [2.75, 3.05) is 11.1 Å². The van der Waals surface area contributed by atoms with E-state index >= 15 is 0 Å². The third kappa shape index (κ3) is 2.70. The molecule has 0 spiro atoms. The van der Waals surface area contributed by atoms with E-state index in [1.165, 1.54) is 6.07 Å². The van der Waals surface area contributed by atoms with Crippen molar-refractivity contribution in [3.63, 3.8) is 0 Å². The number of nitro groups is 1. The molecule has 19 heavy (non-hydrogen) atoms. The number of nitrogens with zero attached hydrogens (tertiary/aromatic N) is 3. The molecule has 0 unspecified atom stereocenters. The summed E-state index contributed by atoms with van der Waals surface area (Å²) in [4.78, 5) is 16.9. The highest BCUT2D eigenvalue weighted by Crippen LogP contribution is 2.23. The second kappa shape index (κ2) is 4.80. The first-order valence-corrected chi connectivity index (χ1v) is 4.96. The topological polar surface area (TPSA) is 107 Å². The predicted octanol–water partition coefficient (Wildman–Crippen LogP) is 1.99. The minimum atomic E-state index is -0.963. The van der Waals surface area contributed by atoms with Gasteiger partial charge >= 0.3 is 5.69 Å². The molecule has 2 aromatic rings. The van der Waals surface area contributed by atoms with E-state index in [9.17, 15) is 18.9 Å². The Bertz CT molecular complexity index is 650. The van der Waals surface area contributed by atoms with Gasteiger partial charge in [0.05, 0.1) is 11.1 Å². The molecule has 0 bridgehead atoms. The summed E-state index contributed by atoms with van der Waals surface area (Å²) >= 11 is 0. The first-order valence-electron chi connectivity index (χ1n) is 4.96. The molecule has 0 aliphatic rings. The lowest BCUT2D eigenvalue weighted by Gasteiger charge is -2.05.